The van der Waals surface area contributed by atoms with Crippen LogP contribution in [0.25, 0.3) is 23.1 Å². The Morgan fingerprint density at radius 2 is 1.64 bits per heavy atom. The number of pyridine rings is 1. The molecule has 0 aliphatic heterocycles. The first-order chi connectivity index (χ1) is 10.7. The molecule has 0 amide bonds. The Morgan fingerprint density at radius 3 is 2.45 bits per heavy atom. The molecule has 1 heterocycles. The predicted molar refractivity (Wildman–Crippen MR) is 82.4 cm³/mol. The molecule has 1 aromatic heterocycles. The molecule has 108 valence electrons. The second-order valence-corrected chi connectivity index (χ2v) is 4.82. The van der Waals surface area contributed by atoms with Crippen molar-refractivity contribution < 1.29 is 13.6 Å². The number of rotatable bonds is 3. The van der Waals surface area contributed by atoms with E-state index in [0.717, 1.165) is 24.0 Å². The number of aromatic nitrogens is 1. The van der Waals surface area contributed by atoms with Gasteiger partial charge in [0, 0.05) is 17.0 Å². The molecule has 4 heteroatoms. The maximum atomic E-state index is 13.2. The summed E-state index contributed by atoms with van der Waals surface area (Å²) in [5, 5.41) is 0.541. The van der Waals surface area contributed by atoms with Crippen molar-refractivity contribution in [2.24, 2.45) is 0 Å². The molecule has 0 aliphatic rings. The van der Waals surface area contributed by atoms with E-state index < -0.39 is 11.6 Å². The summed E-state index contributed by atoms with van der Waals surface area (Å²) in [6.45, 7) is 0. The quantitative estimate of drug-likeness (QED) is 0.666. The van der Waals surface area contributed by atoms with Crippen molar-refractivity contribution in [3.8, 4) is 0 Å². The molecule has 0 atom stereocenters. The van der Waals surface area contributed by atoms with E-state index in [0.29, 0.717) is 22.2 Å². The minimum Gasteiger partial charge on any atom is -0.298 e. The molecule has 0 saturated carbocycles. The third-order valence-corrected chi connectivity index (χ3v) is 3.25. The van der Waals surface area contributed by atoms with Crippen LogP contribution in [0.5, 0.6) is 0 Å². The Bertz CT molecular complexity index is 887. The van der Waals surface area contributed by atoms with Crippen LogP contribution in [0.4, 0.5) is 8.78 Å². The number of hydrogen-bond acceptors (Lipinski definition) is 2. The number of fused-ring (bicyclic) bond motifs is 1. The van der Waals surface area contributed by atoms with Crippen molar-refractivity contribution in [1.82, 2.24) is 4.98 Å². The number of benzene rings is 2. The highest BCUT2D eigenvalue weighted by Crippen LogP contribution is 2.18. The number of nitrogens with zero attached hydrogens (tertiary/aromatic N) is 1. The highest BCUT2D eigenvalue weighted by Gasteiger charge is 2.05. The van der Waals surface area contributed by atoms with Crippen LogP contribution in [0.3, 0.4) is 0 Å². The van der Waals surface area contributed by atoms with Crippen molar-refractivity contribution in [3.05, 3.63) is 77.0 Å². The van der Waals surface area contributed by atoms with Gasteiger partial charge in [0.05, 0.1) is 11.2 Å². The van der Waals surface area contributed by atoms with Gasteiger partial charge in [-0.2, -0.15) is 0 Å². The predicted octanol–water partition coefficient (Wildman–Crippen LogP) is 4.50. The number of hydrogen-bond donors (Lipinski definition) is 0. The molecule has 22 heavy (non-hydrogen) atoms. The van der Waals surface area contributed by atoms with Gasteiger partial charge in [-0.3, -0.25) is 4.79 Å². The zero-order valence-electron chi connectivity index (χ0n) is 11.5. The topological polar surface area (TPSA) is 30.0 Å². The molecule has 0 bridgehead atoms. The lowest BCUT2D eigenvalue weighted by atomic mass is 10.1. The van der Waals surface area contributed by atoms with E-state index in [2.05, 4.69) is 4.98 Å². The van der Waals surface area contributed by atoms with Crippen LogP contribution in [-0.4, -0.2) is 11.3 Å². The summed E-state index contributed by atoms with van der Waals surface area (Å²) < 4.78 is 26.4. The van der Waals surface area contributed by atoms with Crippen LogP contribution < -0.4 is 0 Å². The average Bonchev–Trinajstić information content (AvgIpc) is 2.54. The Kier molecular flexibility index (Phi) is 3.74. The van der Waals surface area contributed by atoms with Gasteiger partial charge in [-0.15, -0.1) is 0 Å². The van der Waals surface area contributed by atoms with E-state index in [1.165, 1.54) is 0 Å². The molecule has 2 nitrogen and oxygen atoms in total. The highest BCUT2D eigenvalue weighted by atomic mass is 19.2. The second-order valence-electron chi connectivity index (χ2n) is 4.82. The molecule has 0 aliphatic carbocycles. The van der Waals surface area contributed by atoms with E-state index in [9.17, 15) is 13.6 Å². The zero-order valence-corrected chi connectivity index (χ0v) is 11.5. The maximum absolute atomic E-state index is 13.2. The normalized spacial score (nSPS) is 11.2. The Balaban J connectivity index is 1.94. The SMILES string of the molecule is O=Cc1cccc(/C=C/c2ccc3cc(F)c(F)cc3n2)c1. The van der Waals surface area contributed by atoms with E-state index >= 15 is 0 Å². The van der Waals surface area contributed by atoms with Gasteiger partial charge in [0.15, 0.2) is 11.6 Å². The first-order valence-corrected chi connectivity index (χ1v) is 6.65. The smallest absolute Gasteiger partial charge is 0.161 e. The summed E-state index contributed by atoms with van der Waals surface area (Å²) in [4.78, 5) is 15.0. The van der Waals surface area contributed by atoms with Gasteiger partial charge < -0.3 is 0 Å². The van der Waals surface area contributed by atoms with Gasteiger partial charge in [0.2, 0.25) is 0 Å². The second kappa shape index (κ2) is 5.85. The van der Waals surface area contributed by atoms with E-state index in [1.54, 1.807) is 42.5 Å². The summed E-state index contributed by atoms with van der Waals surface area (Å²) in [6.07, 6.45) is 4.34. The van der Waals surface area contributed by atoms with Crippen molar-refractivity contribution in [2.45, 2.75) is 0 Å². The molecule has 3 aromatic rings. The summed E-state index contributed by atoms with van der Waals surface area (Å²) in [6, 6.07) is 12.7. The van der Waals surface area contributed by atoms with E-state index in [1.807, 2.05) is 6.07 Å². The van der Waals surface area contributed by atoms with Crippen LogP contribution >= 0.6 is 0 Å². The van der Waals surface area contributed by atoms with Crippen LogP contribution in [-0.2, 0) is 0 Å². The minimum absolute atomic E-state index is 0.391. The molecule has 0 radical (unpaired) electrons. The van der Waals surface area contributed by atoms with E-state index in [4.69, 9.17) is 0 Å². The summed E-state index contributed by atoms with van der Waals surface area (Å²) in [5.74, 6) is -1.80. The molecular formula is C18H11F2NO. The lowest BCUT2D eigenvalue weighted by Gasteiger charge is -2.01. The van der Waals surface area contributed by atoms with Crippen molar-refractivity contribution in [3.63, 3.8) is 0 Å². The fourth-order valence-electron chi connectivity index (χ4n) is 2.14. The Morgan fingerprint density at radius 1 is 0.864 bits per heavy atom. The molecule has 0 fully saturated rings. The fourth-order valence-corrected chi connectivity index (χ4v) is 2.14. The lowest BCUT2D eigenvalue weighted by Crippen LogP contribution is -1.88. The summed E-state index contributed by atoms with van der Waals surface area (Å²) in [7, 11) is 0. The van der Waals surface area contributed by atoms with Crippen LogP contribution in [0.1, 0.15) is 21.6 Å². The number of halogens is 2. The molecule has 0 unspecified atom stereocenters. The third-order valence-electron chi connectivity index (χ3n) is 3.25. The minimum atomic E-state index is -0.917. The van der Waals surface area contributed by atoms with Gasteiger partial charge in [-0.25, -0.2) is 13.8 Å². The molecular weight excluding hydrogens is 284 g/mol. The van der Waals surface area contributed by atoms with Crippen molar-refractivity contribution in [2.75, 3.05) is 0 Å². The van der Waals surface area contributed by atoms with Gasteiger partial charge in [-0.1, -0.05) is 30.3 Å². The monoisotopic (exact) mass is 295 g/mol. The van der Waals surface area contributed by atoms with Crippen LogP contribution in [0, 0.1) is 11.6 Å². The van der Waals surface area contributed by atoms with Gasteiger partial charge in [0.1, 0.15) is 6.29 Å². The molecule has 0 spiro atoms. The Hall–Kier alpha value is -2.88. The van der Waals surface area contributed by atoms with Gasteiger partial charge >= 0.3 is 0 Å². The molecule has 0 N–H and O–H groups in total. The standard InChI is InChI=1S/C18H11F2NO/c19-16-9-14-5-7-15(21-18(14)10-17(16)20)6-4-12-2-1-3-13(8-12)11-22/h1-11H/b6-4+. The van der Waals surface area contributed by atoms with E-state index in [-0.39, 0.29) is 0 Å². The maximum Gasteiger partial charge on any atom is 0.161 e. The molecule has 2 aromatic carbocycles. The first-order valence-electron chi connectivity index (χ1n) is 6.65. The fraction of sp³-hybridized carbons (Fsp3) is 0. The molecule has 3 rings (SSSR count). The number of carbonyl (C=O) groups excluding carboxylic acids is 1. The molecule has 0 saturated heterocycles. The number of carbonyl (C=O) groups is 1. The van der Waals surface area contributed by atoms with Crippen LogP contribution in [0.2, 0.25) is 0 Å². The zero-order chi connectivity index (χ0) is 15.5. The average molecular weight is 295 g/mol. The van der Waals surface area contributed by atoms with Gasteiger partial charge in [0.25, 0.3) is 0 Å². The highest BCUT2D eigenvalue weighted by molar-refractivity contribution is 5.82. The first kappa shape index (κ1) is 14.1. The third kappa shape index (κ3) is 2.91. The summed E-state index contributed by atoms with van der Waals surface area (Å²) in [5.41, 5.74) is 2.46. The van der Waals surface area contributed by atoms with Crippen molar-refractivity contribution >= 4 is 29.3 Å². The number of aldehydes is 1. The van der Waals surface area contributed by atoms with Crippen LogP contribution in [0.15, 0.2) is 48.5 Å². The lowest BCUT2D eigenvalue weighted by molar-refractivity contribution is 0.112. The summed E-state index contributed by atoms with van der Waals surface area (Å²) >= 11 is 0. The largest absolute Gasteiger partial charge is 0.298 e. The Labute approximate surface area is 125 Å². The van der Waals surface area contributed by atoms with Crippen molar-refractivity contribution in [1.29, 1.82) is 0 Å². The van der Waals surface area contributed by atoms with Gasteiger partial charge in [-0.05, 0) is 29.8 Å².